The lowest BCUT2D eigenvalue weighted by molar-refractivity contribution is -0.00530. The molecular formula is C11H13BrF2O4P+. The lowest BCUT2D eigenvalue weighted by atomic mass is 10.1. The number of benzene rings is 1. The third kappa shape index (κ3) is 3.94. The molecule has 0 unspecified atom stereocenters. The van der Waals surface area contributed by atoms with Crippen molar-refractivity contribution >= 4 is 23.9 Å². The van der Waals surface area contributed by atoms with Crippen LogP contribution >= 0.6 is 23.9 Å². The van der Waals surface area contributed by atoms with E-state index in [1.54, 1.807) is 6.07 Å². The summed E-state index contributed by atoms with van der Waals surface area (Å²) in [5, 5.41) is 9.52. The van der Waals surface area contributed by atoms with E-state index in [9.17, 15) is 18.8 Å². The fourth-order valence-electron chi connectivity index (χ4n) is 1.25. The van der Waals surface area contributed by atoms with Gasteiger partial charge in [0.1, 0.15) is 0 Å². The molecule has 0 spiro atoms. The number of hydrogen-bond donors (Lipinski definition) is 2. The highest BCUT2D eigenvalue weighted by atomic mass is 79.9. The molecule has 1 aromatic carbocycles. The normalized spacial score (nSPS) is 13.7. The molecule has 0 heterocycles. The van der Waals surface area contributed by atoms with Crippen LogP contribution in [0.1, 0.15) is 5.56 Å². The van der Waals surface area contributed by atoms with E-state index in [0.717, 1.165) is 20.3 Å². The van der Waals surface area contributed by atoms with Crippen molar-refractivity contribution in [2.45, 2.75) is 5.92 Å². The van der Waals surface area contributed by atoms with Crippen LogP contribution in [0.2, 0.25) is 0 Å². The van der Waals surface area contributed by atoms with Crippen molar-refractivity contribution in [1.82, 2.24) is 0 Å². The van der Waals surface area contributed by atoms with Crippen LogP contribution in [0, 0.1) is 0 Å². The van der Waals surface area contributed by atoms with Crippen molar-refractivity contribution in [3.63, 3.8) is 0 Å². The summed E-state index contributed by atoms with van der Waals surface area (Å²) in [6.45, 7) is 0. The van der Waals surface area contributed by atoms with Gasteiger partial charge in [0, 0.05) is 10.0 Å². The first-order chi connectivity index (χ1) is 8.75. The van der Waals surface area contributed by atoms with Crippen LogP contribution in [0.5, 0.6) is 0 Å². The fraction of sp³-hybridized carbons (Fsp3) is 0.273. The maximum Gasteiger partial charge on any atom is 0.441 e. The minimum atomic E-state index is -3.66. The average Bonchev–Trinajstić information content (AvgIpc) is 2.38. The Hall–Kier alpha value is -0.590. The molecule has 0 saturated heterocycles. The van der Waals surface area contributed by atoms with Crippen LogP contribution in [-0.4, -0.2) is 24.2 Å². The molecule has 1 rings (SSSR count). The summed E-state index contributed by atoms with van der Waals surface area (Å²) >= 11 is 3.07. The van der Waals surface area contributed by atoms with Crippen molar-refractivity contribution < 1.29 is 27.8 Å². The highest BCUT2D eigenvalue weighted by Gasteiger charge is 2.45. The lowest BCUT2D eigenvalue weighted by Crippen LogP contribution is -2.17. The highest BCUT2D eigenvalue weighted by molar-refractivity contribution is 9.10. The first-order valence-corrected chi connectivity index (χ1v) is 7.48. The van der Waals surface area contributed by atoms with Gasteiger partial charge in [0.15, 0.2) is 5.82 Å². The molecule has 0 aliphatic heterocycles. The van der Waals surface area contributed by atoms with Crippen molar-refractivity contribution in [3.8, 4) is 0 Å². The van der Waals surface area contributed by atoms with E-state index in [-0.39, 0.29) is 0 Å². The predicted octanol–water partition coefficient (Wildman–Crippen LogP) is 3.99. The van der Waals surface area contributed by atoms with Crippen molar-refractivity contribution in [2.24, 2.45) is 0 Å². The second kappa shape index (κ2) is 6.24. The molecule has 0 aliphatic rings. The summed E-state index contributed by atoms with van der Waals surface area (Å²) in [6.07, 6.45) is 0. The summed E-state index contributed by atoms with van der Waals surface area (Å²) in [5.41, 5.74) is -0.422. The Morgan fingerprint density at radius 1 is 1.37 bits per heavy atom. The van der Waals surface area contributed by atoms with Crippen LogP contribution in [-0.2, 0) is 15.0 Å². The summed E-state index contributed by atoms with van der Waals surface area (Å²) in [6, 6.07) is 5.32. The van der Waals surface area contributed by atoms with Crippen molar-refractivity contribution in [2.75, 3.05) is 14.2 Å². The number of rotatable bonds is 5. The topological polar surface area (TPSA) is 58.9 Å². The molecule has 0 aromatic heterocycles. The number of alkyl halides is 2. The second-order valence-electron chi connectivity index (χ2n) is 3.53. The number of aliphatic hydroxyl groups excluding tert-OH is 1. The first-order valence-electron chi connectivity index (χ1n) is 5.04. The maximum absolute atomic E-state index is 14.0. The van der Waals surface area contributed by atoms with E-state index in [1.165, 1.54) is 12.1 Å². The zero-order valence-corrected chi connectivity index (χ0v) is 12.7. The number of allylic oxidation sites excluding steroid dienone is 1. The second-order valence-corrected chi connectivity index (χ2v) is 6.56. The standard InChI is InChI=1S/C11H12BrF2O4P/c1-17-19(16,18-2)7-10(15)11(13,14)8-4-3-5-9(12)6-8/h3-7,16H,1-2H3/p+1/b10-7-. The van der Waals surface area contributed by atoms with Gasteiger partial charge >= 0.3 is 13.9 Å². The Labute approximate surface area is 118 Å². The SMILES string of the molecule is CO[P+](O)(/C=C(\O)C(F)(F)c1cccc(Br)c1)OC. The molecule has 1 aromatic rings. The largest absolute Gasteiger partial charge is 0.504 e. The van der Waals surface area contributed by atoms with Gasteiger partial charge in [-0.1, -0.05) is 28.1 Å². The van der Waals surface area contributed by atoms with Crippen LogP contribution in [0.3, 0.4) is 0 Å². The molecule has 0 radical (unpaired) electrons. The summed E-state index contributed by atoms with van der Waals surface area (Å²) in [4.78, 5) is 9.65. The molecule has 0 amide bonds. The number of halogens is 3. The first kappa shape index (κ1) is 16.5. The van der Waals surface area contributed by atoms with E-state index in [1.807, 2.05) is 0 Å². The van der Waals surface area contributed by atoms with Gasteiger partial charge in [0.05, 0.1) is 14.2 Å². The minimum absolute atomic E-state index is 0.422. The van der Waals surface area contributed by atoms with Crippen LogP contribution in [0.15, 0.2) is 40.3 Å². The van der Waals surface area contributed by atoms with Gasteiger partial charge < -0.3 is 5.11 Å². The van der Waals surface area contributed by atoms with Crippen molar-refractivity contribution in [3.05, 3.63) is 45.9 Å². The molecular weight excluding hydrogens is 345 g/mol. The fourth-order valence-corrected chi connectivity index (χ4v) is 2.48. The third-order valence-corrected chi connectivity index (χ3v) is 4.43. The van der Waals surface area contributed by atoms with E-state index in [2.05, 4.69) is 25.0 Å². The Balaban J connectivity index is 3.16. The van der Waals surface area contributed by atoms with E-state index < -0.39 is 25.2 Å². The van der Waals surface area contributed by atoms with Crippen LogP contribution in [0.4, 0.5) is 8.78 Å². The highest BCUT2D eigenvalue weighted by Crippen LogP contribution is 2.59. The Kier molecular flexibility index (Phi) is 5.41. The Bertz CT molecular complexity index is 478. The summed E-state index contributed by atoms with van der Waals surface area (Å²) in [5.74, 6) is -4.48. The minimum Gasteiger partial charge on any atom is -0.504 e. The van der Waals surface area contributed by atoms with Gasteiger partial charge in [-0.05, 0) is 12.1 Å². The molecule has 0 atom stereocenters. The summed E-state index contributed by atoms with van der Waals surface area (Å²) < 4.78 is 37.6. The molecule has 0 fully saturated rings. The molecule has 106 valence electrons. The van der Waals surface area contributed by atoms with E-state index in [4.69, 9.17) is 0 Å². The summed E-state index contributed by atoms with van der Waals surface area (Å²) in [7, 11) is -1.43. The molecule has 19 heavy (non-hydrogen) atoms. The molecule has 8 heteroatoms. The number of aliphatic hydroxyl groups is 1. The molecule has 2 N–H and O–H groups in total. The monoisotopic (exact) mass is 357 g/mol. The van der Waals surface area contributed by atoms with Gasteiger partial charge in [-0.3, -0.25) is 0 Å². The van der Waals surface area contributed by atoms with Crippen molar-refractivity contribution in [1.29, 1.82) is 0 Å². The quantitative estimate of drug-likeness (QED) is 0.617. The van der Waals surface area contributed by atoms with Crippen LogP contribution < -0.4 is 0 Å². The van der Waals surface area contributed by atoms with Crippen LogP contribution in [0.25, 0.3) is 0 Å². The lowest BCUT2D eigenvalue weighted by Gasteiger charge is -2.17. The molecule has 0 saturated carbocycles. The molecule has 0 aliphatic carbocycles. The Morgan fingerprint density at radius 3 is 2.42 bits per heavy atom. The average molecular weight is 358 g/mol. The smallest absolute Gasteiger partial charge is 0.441 e. The Morgan fingerprint density at radius 2 is 1.95 bits per heavy atom. The third-order valence-electron chi connectivity index (χ3n) is 2.32. The van der Waals surface area contributed by atoms with Gasteiger partial charge in [-0.2, -0.15) is 22.7 Å². The molecule has 4 nitrogen and oxygen atoms in total. The van der Waals surface area contributed by atoms with Gasteiger partial charge in [0.2, 0.25) is 5.76 Å². The predicted molar refractivity (Wildman–Crippen MR) is 71.9 cm³/mol. The number of hydrogen-bond acceptors (Lipinski definition) is 4. The van der Waals surface area contributed by atoms with E-state index in [0.29, 0.717) is 10.3 Å². The van der Waals surface area contributed by atoms with E-state index >= 15 is 0 Å². The maximum atomic E-state index is 14.0. The zero-order chi connectivity index (χ0) is 14.7. The van der Waals surface area contributed by atoms with Gasteiger partial charge in [-0.25, -0.2) is 0 Å². The zero-order valence-electron chi connectivity index (χ0n) is 10.2. The van der Waals surface area contributed by atoms with Gasteiger partial charge in [-0.15, -0.1) is 0 Å². The van der Waals surface area contributed by atoms with Gasteiger partial charge in [0.25, 0.3) is 0 Å². The molecule has 0 bridgehead atoms.